The van der Waals surface area contributed by atoms with Gasteiger partial charge in [0.2, 0.25) is 11.9 Å². The number of carboxylic acids is 1. The molecule has 0 unspecified atom stereocenters. The van der Waals surface area contributed by atoms with Gasteiger partial charge in [-0.1, -0.05) is 36.8 Å². The second-order valence-corrected chi connectivity index (χ2v) is 7.22. The van der Waals surface area contributed by atoms with E-state index in [-0.39, 0.29) is 11.5 Å². The molecular formula is C21H23N5O2. The lowest BCUT2D eigenvalue weighted by Gasteiger charge is -2.45. The van der Waals surface area contributed by atoms with Crippen LogP contribution in [0.3, 0.4) is 0 Å². The Morgan fingerprint density at radius 3 is 2.36 bits per heavy atom. The summed E-state index contributed by atoms with van der Waals surface area (Å²) in [6, 6.07) is 14.7. The molecule has 0 aromatic heterocycles. The number of hydrogen-bond acceptors (Lipinski definition) is 6. The fraction of sp³-hybridized carbons (Fsp3) is 0.286. The Morgan fingerprint density at radius 1 is 1.00 bits per heavy atom. The van der Waals surface area contributed by atoms with Crippen LogP contribution in [0.2, 0.25) is 0 Å². The van der Waals surface area contributed by atoms with Crippen molar-refractivity contribution in [1.82, 2.24) is 0 Å². The Labute approximate surface area is 163 Å². The zero-order valence-electron chi connectivity index (χ0n) is 15.5. The third kappa shape index (κ3) is 3.09. The molecule has 0 amide bonds. The molecule has 7 heteroatoms. The number of hydrogen-bond donors (Lipinski definition) is 3. The molecule has 0 radical (unpaired) electrons. The van der Waals surface area contributed by atoms with Crippen LogP contribution in [-0.4, -0.2) is 28.7 Å². The number of aliphatic imine (C=N–C) groups is 2. The third-order valence-electron chi connectivity index (χ3n) is 5.45. The van der Waals surface area contributed by atoms with Crippen molar-refractivity contribution in [3.8, 4) is 11.1 Å². The zero-order valence-corrected chi connectivity index (χ0v) is 15.5. The summed E-state index contributed by atoms with van der Waals surface area (Å²) in [6.45, 7) is 0. The van der Waals surface area contributed by atoms with E-state index >= 15 is 0 Å². The van der Waals surface area contributed by atoms with E-state index in [1.807, 2.05) is 41.3 Å². The van der Waals surface area contributed by atoms with Crippen LogP contribution in [0.4, 0.5) is 5.69 Å². The smallest absolute Gasteiger partial charge is 0.336 e. The van der Waals surface area contributed by atoms with E-state index in [1.54, 1.807) is 12.1 Å². The van der Waals surface area contributed by atoms with Gasteiger partial charge in [0.15, 0.2) is 0 Å². The van der Waals surface area contributed by atoms with Gasteiger partial charge in [-0.15, -0.1) is 0 Å². The van der Waals surface area contributed by atoms with E-state index in [1.165, 1.54) is 6.42 Å². The maximum Gasteiger partial charge on any atom is 0.336 e. The lowest BCUT2D eigenvalue weighted by molar-refractivity contribution is 0.0697. The minimum Gasteiger partial charge on any atom is -0.478 e. The van der Waals surface area contributed by atoms with Crippen LogP contribution in [0.1, 0.15) is 42.5 Å². The van der Waals surface area contributed by atoms with Gasteiger partial charge in [-0.2, -0.15) is 4.99 Å². The van der Waals surface area contributed by atoms with Crippen LogP contribution in [0.5, 0.6) is 0 Å². The highest BCUT2D eigenvalue weighted by atomic mass is 16.4. The summed E-state index contributed by atoms with van der Waals surface area (Å²) in [5.41, 5.74) is 14.3. The number of carboxylic acid groups (broad SMARTS) is 1. The normalized spacial score (nSPS) is 18.5. The second-order valence-electron chi connectivity index (χ2n) is 7.22. The minimum atomic E-state index is -0.946. The number of guanidine groups is 2. The number of carbonyl (C=O) groups is 1. The van der Waals surface area contributed by atoms with Crippen molar-refractivity contribution in [3.63, 3.8) is 0 Å². The molecule has 1 heterocycles. The summed E-state index contributed by atoms with van der Waals surface area (Å²) in [4.78, 5) is 22.3. The largest absolute Gasteiger partial charge is 0.478 e. The maximum atomic E-state index is 11.5. The van der Waals surface area contributed by atoms with Crippen LogP contribution in [-0.2, 0) is 0 Å². The summed E-state index contributed by atoms with van der Waals surface area (Å²) in [5.74, 6) is -0.381. The van der Waals surface area contributed by atoms with Crippen LogP contribution >= 0.6 is 0 Å². The van der Waals surface area contributed by atoms with Gasteiger partial charge in [0.05, 0.1) is 5.56 Å². The topological polar surface area (TPSA) is 117 Å². The molecule has 1 saturated carbocycles. The molecule has 2 aromatic rings. The van der Waals surface area contributed by atoms with E-state index < -0.39 is 11.6 Å². The molecule has 1 spiro atoms. The monoisotopic (exact) mass is 377 g/mol. The number of anilines is 1. The van der Waals surface area contributed by atoms with E-state index in [0.717, 1.165) is 36.9 Å². The molecule has 0 saturated heterocycles. The van der Waals surface area contributed by atoms with Crippen molar-refractivity contribution in [1.29, 1.82) is 0 Å². The molecule has 0 bridgehead atoms. The number of rotatable bonds is 3. The van der Waals surface area contributed by atoms with Crippen LogP contribution in [0.15, 0.2) is 58.5 Å². The highest BCUT2D eigenvalue weighted by Gasteiger charge is 2.42. The SMILES string of the molecule is NC1=NC2(CCCCC2)N(c2ccc(-c3ccccc3C(=O)O)cc2)C(N)=N1. The van der Waals surface area contributed by atoms with Crippen molar-refractivity contribution in [2.24, 2.45) is 21.5 Å². The van der Waals surface area contributed by atoms with Crippen molar-refractivity contribution < 1.29 is 9.90 Å². The highest BCUT2D eigenvalue weighted by molar-refractivity contribution is 6.05. The van der Waals surface area contributed by atoms with E-state index in [9.17, 15) is 9.90 Å². The van der Waals surface area contributed by atoms with Gasteiger partial charge in [0.1, 0.15) is 5.66 Å². The molecule has 144 valence electrons. The first kappa shape index (κ1) is 18.0. The third-order valence-corrected chi connectivity index (χ3v) is 5.45. The van der Waals surface area contributed by atoms with Gasteiger partial charge in [-0.3, -0.25) is 4.90 Å². The van der Waals surface area contributed by atoms with Crippen molar-refractivity contribution in [2.45, 2.75) is 37.8 Å². The van der Waals surface area contributed by atoms with Crippen LogP contribution in [0, 0.1) is 0 Å². The quantitative estimate of drug-likeness (QED) is 0.759. The van der Waals surface area contributed by atoms with Crippen molar-refractivity contribution in [3.05, 3.63) is 54.1 Å². The average Bonchev–Trinajstić information content (AvgIpc) is 2.68. The summed E-state index contributed by atoms with van der Waals surface area (Å²) in [5, 5.41) is 9.44. The van der Waals surface area contributed by atoms with Gasteiger partial charge >= 0.3 is 5.97 Å². The summed E-state index contributed by atoms with van der Waals surface area (Å²) >= 11 is 0. The molecule has 2 aliphatic rings. The number of nitrogens with two attached hydrogens (primary N) is 2. The lowest BCUT2D eigenvalue weighted by atomic mass is 9.87. The molecule has 2 aromatic carbocycles. The number of aromatic carboxylic acids is 1. The number of benzene rings is 2. The fourth-order valence-corrected chi connectivity index (χ4v) is 4.21. The Bertz CT molecular complexity index is 959. The van der Waals surface area contributed by atoms with Gasteiger partial charge in [0, 0.05) is 5.69 Å². The predicted octanol–water partition coefficient (Wildman–Crippen LogP) is 3.16. The van der Waals surface area contributed by atoms with Gasteiger partial charge in [-0.25, -0.2) is 9.79 Å². The molecule has 28 heavy (non-hydrogen) atoms. The standard InChI is InChI=1S/C21H23N5O2/c22-19-24-20(23)26(21(25-19)12-4-1-5-13-21)15-10-8-14(9-11-15)16-6-2-3-7-17(16)18(27)28/h2-3,6-11H,1,4-5,12-13H2,(H,27,28)(H4,22,23,24,25). The Morgan fingerprint density at radius 2 is 1.68 bits per heavy atom. The molecular weight excluding hydrogens is 354 g/mol. The van der Waals surface area contributed by atoms with Crippen LogP contribution < -0.4 is 16.4 Å². The lowest BCUT2D eigenvalue weighted by Crippen LogP contribution is -2.58. The molecule has 0 atom stereocenters. The Hall–Kier alpha value is -3.35. The van der Waals surface area contributed by atoms with E-state index in [2.05, 4.69) is 9.98 Å². The maximum absolute atomic E-state index is 11.5. The fourth-order valence-electron chi connectivity index (χ4n) is 4.21. The van der Waals surface area contributed by atoms with E-state index in [0.29, 0.717) is 11.5 Å². The van der Waals surface area contributed by atoms with E-state index in [4.69, 9.17) is 11.5 Å². The average molecular weight is 377 g/mol. The first-order valence-electron chi connectivity index (χ1n) is 9.43. The summed E-state index contributed by atoms with van der Waals surface area (Å²) < 4.78 is 0. The van der Waals surface area contributed by atoms with Gasteiger partial charge in [0.25, 0.3) is 0 Å². The summed E-state index contributed by atoms with van der Waals surface area (Å²) in [6.07, 6.45) is 5.03. The molecule has 5 N–H and O–H groups in total. The Balaban J connectivity index is 1.72. The minimum absolute atomic E-state index is 0.225. The van der Waals surface area contributed by atoms with Crippen LogP contribution in [0.25, 0.3) is 11.1 Å². The van der Waals surface area contributed by atoms with Crippen molar-refractivity contribution in [2.75, 3.05) is 4.90 Å². The number of nitrogens with zero attached hydrogens (tertiary/aromatic N) is 3. The highest BCUT2D eigenvalue weighted by Crippen LogP contribution is 2.40. The molecule has 1 fully saturated rings. The predicted molar refractivity (Wildman–Crippen MR) is 110 cm³/mol. The van der Waals surface area contributed by atoms with Gasteiger partial charge in [-0.05, 0) is 55.0 Å². The zero-order chi connectivity index (χ0) is 19.7. The second kappa shape index (κ2) is 6.99. The molecule has 1 aliphatic heterocycles. The molecule has 7 nitrogen and oxygen atoms in total. The Kier molecular flexibility index (Phi) is 4.50. The van der Waals surface area contributed by atoms with Gasteiger partial charge < -0.3 is 16.6 Å². The van der Waals surface area contributed by atoms with Crippen molar-refractivity contribution >= 4 is 23.6 Å². The molecule has 1 aliphatic carbocycles. The first-order chi connectivity index (χ1) is 13.5. The first-order valence-corrected chi connectivity index (χ1v) is 9.43. The molecule has 4 rings (SSSR count). The summed E-state index contributed by atoms with van der Waals surface area (Å²) in [7, 11) is 0.